The molecule has 0 atom stereocenters. The Kier molecular flexibility index (Phi) is 5.59. The highest BCUT2D eigenvalue weighted by molar-refractivity contribution is 7.88. The highest BCUT2D eigenvalue weighted by atomic mass is 32.2. The third-order valence-corrected chi connectivity index (χ3v) is 2.22. The number of amides is 1. The van der Waals surface area contributed by atoms with Crippen LogP contribution in [0.1, 0.15) is 27.7 Å². The number of carbonyl (C=O) groups is 1. The Hall–Kier alpha value is -0.820. The summed E-state index contributed by atoms with van der Waals surface area (Å²) in [4.78, 5) is 11.0. The van der Waals surface area contributed by atoms with E-state index in [0.29, 0.717) is 0 Å². The van der Waals surface area contributed by atoms with Crippen molar-refractivity contribution in [1.29, 1.82) is 0 Å². The zero-order chi connectivity index (χ0) is 12.1. The average Bonchev–Trinajstić information content (AvgIpc) is 1.98. The lowest BCUT2D eigenvalue weighted by atomic mass is 10.2. The van der Waals surface area contributed by atoms with Gasteiger partial charge in [0.15, 0.2) is 0 Å². The first-order valence-electron chi connectivity index (χ1n) is 4.71. The molecule has 0 unspecified atom stereocenters. The zero-order valence-corrected chi connectivity index (χ0v) is 10.2. The highest BCUT2D eigenvalue weighted by Crippen LogP contribution is 1.92. The molecule has 0 aliphatic carbocycles. The van der Waals surface area contributed by atoms with Crippen molar-refractivity contribution < 1.29 is 17.9 Å². The minimum atomic E-state index is -3.80. The maximum Gasteiger partial charge on any atom is 0.422 e. The molecule has 0 spiro atoms. The van der Waals surface area contributed by atoms with Gasteiger partial charge in [0.1, 0.15) is 0 Å². The van der Waals surface area contributed by atoms with E-state index in [9.17, 15) is 13.2 Å². The Morgan fingerprint density at radius 3 is 2.20 bits per heavy atom. The Bertz CT molecular complexity index is 298. The lowest BCUT2D eigenvalue weighted by Crippen LogP contribution is -2.42. The maximum absolute atomic E-state index is 11.2. The second-order valence-electron chi connectivity index (χ2n) is 3.80. The Morgan fingerprint density at radius 2 is 1.80 bits per heavy atom. The smallest absolute Gasteiger partial charge is 0.422 e. The van der Waals surface area contributed by atoms with E-state index in [1.807, 2.05) is 13.8 Å². The molecule has 0 aromatic rings. The summed E-state index contributed by atoms with van der Waals surface area (Å²) in [6.45, 7) is 7.25. The third-order valence-electron chi connectivity index (χ3n) is 1.24. The second kappa shape index (κ2) is 5.92. The lowest BCUT2D eigenvalue weighted by molar-refractivity contribution is 0.121. The SMILES string of the molecule is CC(C)CNS(=O)(=O)NC(=O)OC(C)C. The van der Waals surface area contributed by atoms with Crippen LogP contribution in [0.4, 0.5) is 4.79 Å². The molecule has 0 aromatic heterocycles. The number of hydrogen-bond donors (Lipinski definition) is 2. The monoisotopic (exact) mass is 238 g/mol. The van der Waals surface area contributed by atoms with E-state index in [4.69, 9.17) is 0 Å². The Labute approximate surface area is 90.6 Å². The molecule has 0 fully saturated rings. The largest absolute Gasteiger partial charge is 0.446 e. The molecule has 7 heteroatoms. The van der Waals surface area contributed by atoms with E-state index in [1.165, 1.54) is 0 Å². The molecule has 0 aliphatic rings. The summed E-state index contributed by atoms with van der Waals surface area (Å²) >= 11 is 0. The predicted molar refractivity (Wildman–Crippen MR) is 56.5 cm³/mol. The molecule has 0 radical (unpaired) electrons. The first-order chi connectivity index (χ1) is 6.73. The standard InChI is InChI=1S/C8H18N2O4S/c1-6(2)5-9-15(12,13)10-8(11)14-7(3)4/h6-7,9H,5H2,1-4H3,(H,10,11). The van der Waals surface area contributed by atoms with Gasteiger partial charge in [-0.2, -0.15) is 13.1 Å². The van der Waals surface area contributed by atoms with E-state index >= 15 is 0 Å². The summed E-state index contributed by atoms with van der Waals surface area (Å²) in [7, 11) is -3.80. The van der Waals surface area contributed by atoms with Crippen LogP contribution >= 0.6 is 0 Å². The van der Waals surface area contributed by atoms with Crippen molar-refractivity contribution in [3.8, 4) is 0 Å². The summed E-state index contributed by atoms with van der Waals surface area (Å²) in [6.07, 6.45) is -1.33. The molecular formula is C8H18N2O4S. The number of carbonyl (C=O) groups excluding carboxylic acids is 1. The molecular weight excluding hydrogens is 220 g/mol. The highest BCUT2D eigenvalue weighted by Gasteiger charge is 2.15. The molecule has 2 N–H and O–H groups in total. The van der Waals surface area contributed by atoms with Gasteiger partial charge in [-0.3, -0.25) is 0 Å². The molecule has 0 aliphatic heterocycles. The number of nitrogens with one attached hydrogen (secondary N) is 2. The van der Waals surface area contributed by atoms with Gasteiger partial charge < -0.3 is 4.74 Å². The zero-order valence-electron chi connectivity index (χ0n) is 9.40. The van der Waals surface area contributed by atoms with Crippen molar-refractivity contribution in [2.24, 2.45) is 5.92 Å². The fraction of sp³-hybridized carbons (Fsp3) is 0.875. The first-order valence-corrected chi connectivity index (χ1v) is 6.19. The van der Waals surface area contributed by atoms with Crippen molar-refractivity contribution in [2.75, 3.05) is 6.54 Å². The molecule has 0 rings (SSSR count). The molecule has 90 valence electrons. The van der Waals surface area contributed by atoms with Crippen molar-refractivity contribution in [2.45, 2.75) is 33.8 Å². The van der Waals surface area contributed by atoms with Crippen LogP contribution in [0.3, 0.4) is 0 Å². The summed E-state index contributed by atoms with van der Waals surface area (Å²) < 4.78 is 31.0. The van der Waals surface area contributed by atoms with Crippen LogP contribution in [0.5, 0.6) is 0 Å². The van der Waals surface area contributed by atoms with E-state index in [-0.39, 0.29) is 18.6 Å². The van der Waals surface area contributed by atoms with Gasteiger partial charge in [-0.15, -0.1) is 0 Å². The van der Waals surface area contributed by atoms with Crippen molar-refractivity contribution in [1.82, 2.24) is 9.44 Å². The van der Waals surface area contributed by atoms with Crippen LogP contribution in [-0.4, -0.2) is 27.2 Å². The van der Waals surface area contributed by atoms with Gasteiger partial charge in [0, 0.05) is 6.54 Å². The molecule has 0 aromatic carbocycles. The summed E-state index contributed by atoms with van der Waals surface area (Å²) in [6, 6.07) is 0. The Balaban J connectivity index is 4.09. The van der Waals surface area contributed by atoms with Gasteiger partial charge in [-0.25, -0.2) is 9.52 Å². The quantitative estimate of drug-likeness (QED) is 0.735. The Morgan fingerprint density at radius 1 is 1.27 bits per heavy atom. The van der Waals surface area contributed by atoms with Crippen LogP contribution in [0.2, 0.25) is 0 Å². The molecule has 0 saturated heterocycles. The molecule has 6 nitrogen and oxygen atoms in total. The summed E-state index contributed by atoms with van der Waals surface area (Å²) in [5.74, 6) is 0.169. The fourth-order valence-corrected chi connectivity index (χ4v) is 1.55. The van der Waals surface area contributed by atoms with Crippen LogP contribution in [0.15, 0.2) is 0 Å². The van der Waals surface area contributed by atoms with E-state index in [0.717, 1.165) is 0 Å². The van der Waals surface area contributed by atoms with Gasteiger partial charge in [0.2, 0.25) is 0 Å². The van der Waals surface area contributed by atoms with Crippen molar-refractivity contribution >= 4 is 16.3 Å². The molecule has 15 heavy (non-hydrogen) atoms. The lowest BCUT2D eigenvalue weighted by Gasteiger charge is -2.11. The minimum Gasteiger partial charge on any atom is -0.446 e. The topological polar surface area (TPSA) is 84.5 Å². The fourth-order valence-electron chi connectivity index (χ4n) is 0.660. The van der Waals surface area contributed by atoms with Gasteiger partial charge >= 0.3 is 16.3 Å². The van der Waals surface area contributed by atoms with Gasteiger partial charge in [0.25, 0.3) is 0 Å². The van der Waals surface area contributed by atoms with Crippen LogP contribution in [-0.2, 0) is 14.9 Å². The molecule has 0 saturated carbocycles. The first kappa shape index (κ1) is 14.2. The van der Waals surface area contributed by atoms with Gasteiger partial charge in [0.05, 0.1) is 6.10 Å². The number of hydrogen-bond acceptors (Lipinski definition) is 4. The van der Waals surface area contributed by atoms with Crippen molar-refractivity contribution in [3.05, 3.63) is 0 Å². The van der Waals surface area contributed by atoms with E-state index in [1.54, 1.807) is 18.6 Å². The van der Waals surface area contributed by atoms with E-state index in [2.05, 4.69) is 9.46 Å². The second-order valence-corrected chi connectivity index (χ2v) is 5.30. The van der Waals surface area contributed by atoms with Gasteiger partial charge in [-0.1, -0.05) is 13.8 Å². The van der Waals surface area contributed by atoms with Gasteiger partial charge in [-0.05, 0) is 19.8 Å². The van der Waals surface area contributed by atoms with Crippen LogP contribution in [0.25, 0.3) is 0 Å². The normalized spacial score (nSPS) is 11.9. The summed E-state index contributed by atoms with van der Waals surface area (Å²) in [5.41, 5.74) is 0. The average molecular weight is 238 g/mol. The maximum atomic E-state index is 11.2. The van der Waals surface area contributed by atoms with Crippen LogP contribution < -0.4 is 9.44 Å². The number of ether oxygens (including phenoxy) is 1. The molecule has 1 amide bonds. The van der Waals surface area contributed by atoms with Crippen LogP contribution in [0, 0.1) is 5.92 Å². The summed E-state index contributed by atoms with van der Waals surface area (Å²) in [5, 5.41) is 0. The van der Waals surface area contributed by atoms with E-state index < -0.39 is 16.3 Å². The van der Waals surface area contributed by atoms with Crippen molar-refractivity contribution in [3.63, 3.8) is 0 Å². The molecule has 0 heterocycles. The third kappa shape index (κ3) is 8.19. The molecule has 0 bridgehead atoms. The predicted octanol–water partition coefficient (Wildman–Crippen LogP) is 0.611. The minimum absolute atomic E-state index is 0.169. The number of rotatable bonds is 5.